The van der Waals surface area contributed by atoms with Crippen LogP contribution in [-0.2, 0) is 39.7 Å². The van der Waals surface area contributed by atoms with Crippen molar-refractivity contribution in [2.45, 2.75) is 80.6 Å². The second kappa shape index (κ2) is 13.9. The van der Waals surface area contributed by atoms with Gasteiger partial charge < -0.3 is 34.3 Å². The van der Waals surface area contributed by atoms with Crippen LogP contribution in [0, 0.1) is 17.3 Å². The predicted molar refractivity (Wildman–Crippen MR) is 164 cm³/mol. The van der Waals surface area contributed by atoms with Crippen molar-refractivity contribution in [2.75, 3.05) is 20.8 Å². The third kappa shape index (κ3) is 6.10. The normalized spacial score (nSPS) is 31.0. The lowest BCUT2D eigenvalue weighted by Gasteiger charge is -2.60. The number of esters is 2. The lowest BCUT2D eigenvalue weighted by Crippen LogP contribution is -2.69. The third-order valence-corrected chi connectivity index (χ3v) is 10.7. The summed E-state index contributed by atoms with van der Waals surface area (Å²) in [5.74, 6) is -5.00. The van der Waals surface area contributed by atoms with Gasteiger partial charge in [-0.3, -0.25) is 0 Å². The van der Waals surface area contributed by atoms with Crippen molar-refractivity contribution in [1.29, 1.82) is 0 Å². The van der Waals surface area contributed by atoms with E-state index in [1.54, 1.807) is 13.8 Å². The quantitative estimate of drug-likeness (QED) is 0.174. The topological polar surface area (TPSA) is 132 Å². The number of ether oxygens (including phenoxy) is 4. The van der Waals surface area contributed by atoms with Crippen molar-refractivity contribution in [3.8, 4) is 0 Å². The summed E-state index contributed by atoms with van der Waals surface area (Å²) in [5.41, 5.74) is -12.5. The fraction of sp³-hybridized carbons (Fsp3) is 0.543. The van der Waals surface area contributed by atoms with Gasteiger partial charge in [-0.2, -0.15) is 26.3 Å². The van der Waals surface area contributed by atoms with E-state index in [1.807, 2.05) is 0 Å². The molecular formula is C35H40F6O9. The zero-order chi connectivity index (χ0) is 37.5. The number of hydrogen-bond donors (Lipinski definition) is 3. The molecule has 0 heterocycles. The summed E-state index contributed by atoms with van der Waals surface area (Å²) in [6.07, 6.45) is -15.8. The van der Waals surface area contributed by atoms with Crippen LogP contribution >= 0.6 is 0 Å². The summed E-state index contributed by atoms with van der Waals surface area (Å²) in [6.45, 7) is 5.76. The van der Waals surface area contributed by atoms with E-state index in [1.165, 1.54) is 36.4 Å². The number of fused-ring (bicyclic) bond motifs is 1. The maximum Gasteiger partial charge on any atom is 0.432 e. The molecule has 3 N–H and O–H groups in total. The Morgan fingerprint density at radius 3 is 1.72 bits per heavy atom. The van der Waals surface area contributed by atoms with E-state index in [9.17, 15) is 51.3 Å². The van der Waals surface area contributed by atoms with Gasteiger partial charge in [-0.05, 0) is 36.7 Å². The van der Waals surface area contributed by atoms with Gasteiger partial charge in [0.05, 0.1) is 12.2 Å². The fourth-order valence-corrected chi connectivity index (χ4v) is 7.57. The number of rotatable bonds is 10. The van der Waals surface area contributed by atoms with E-state index in [2.05, 4.69) is 6.58 Å². The first-order chi connectivity index (χ1) is 23.2. The highest BCUT2D eigenvalue weighted by atomic mass is 19.4. The Hall–Kier alpha value is -3.50. The molecule has 0 radical (unpaired) electrons. The second-order valence-electron chi connectivity index (χ2n) is 13.1. The van der Waals surface area contributed by atoms with Gasteiger partial charge in [0.1, 0.15) is 18.3 Å². The molecule has 276 valence electrons. The molecule has 15 heteroatoms. The first-order valence-electron chi connectivity index (χ1n) is 15.7. The first kappa shape index (κ1) is 39.3. The van der Waals surface area contributed by atoms with Crippen molar-refractivity contribution < 1.29 is 70.2 Å². The van der Waals surface area contributed by atoms with Crippen molar-refractivity contribution in [2.24, 2.45) is 17.3 Å². The SMILES string of the molecule is C=C(COC(=O)[C@@](OC)(c1ccccc1)C(F)(F)F)[C@]1(O)[C@@H](O)[C@@]2(C)[C@H](C[C@H](OC(=O)[C@@](OC)(c3ccccc3)C(F)(F)F)C[C@@H]2C)C[C@@H]1O. The van der Waals surface area contributed by atoms with Crippen molar-refractivity contribution in [3.63, 3.8) is 0 Å². The minimum atomic E-state index is -5.29. The maximum atomic E-state index is 14.5. The Kier molecular flexibility index (Phi) is 10.9. The van der Waals surface area contributed by atoms with E-state index in [0.29, 0.717) is 7.11 Å². The molecule has 2 fully saturated rings. The number of benzene rings is 2. The molecule has 9 atom stereocenters. The lowest BCUT2D eigenvalue weighted by atomic mass is 9.49. The van der Waals surface area contributed by atoms with Gasteiger partial charge in [0.15, 0.2) is 0 Å². The molecule has 0 spiro atoms. The molecule has 0 aliphatic heterocycles. The van der Waals surface area contributed by atoms with Crippen LogP contribution in [0.2, 0.25) is 0 Å². The average molecular weight is 719 g/mol. The van der Waals surface area contributed by atoms with Gasteiger partial charge >= 0.3 is 24.3 Å². The third-order valence-electron chi connectivity index (χ3n) is 10.7. The molecule has 4 rings (SSSR count). The molecule has 2 aromatic rings. The Bertz CT molecular complexity index is 1540. The molecule has 0 saturated heterocycles. The molecule has 2 aliphatic carbocycles. The van der Waals surface area contributed by atoms with E-state index in [-0.39, 0.29) is 19.3 Å². The zero-order valence-electron chi connectivity index (χ0n) is 27.8. The molecule has 50 heavy (non-hydrogen) atoms. The number of halogens is 6. The highest BCUT2D eigenvalue weighted by Gasteiger charge is 2.67. The second-order valence-corrected chi connectivity index (χ2v) is 13.1. The van der Waals surface area contributed by atoms with Crippen LogP contribution in [0.15, 0.2) is 72.8 Å². The number of carbonyl (C=O) groups is 2. The number of alkyl halides is 6. The van der Waals surface area contributed by atoms with Crippen LogP contribution in [0.1, 0.15) is 44.2 Å². The number of hydrogen-bond acceptors (Lipinski definition) is 9. The zero-order valence-corrected chi connectivity index (χ0v) is 27.8. The Balaban J connectivity index is 1.55. The molecule has 9 nitrogen and oxygen atoms in total. The minimum absolute atomic E-state index is 0.0745. The Morgan fingerprint density at radius 2 is 1.28 bits per heavy atom. The van der Waals surface area contributed by atoms with Gasteiger partial charge in [-0.1, -0.05) is 81.1 Å². The number of methoxy groups -OCH3 is 2. The van der Waals surface area contributed by atoms with Crippen LogP contribution in [0.4, 0.5) is 26.3 Å². The molecule has 0 unspecified atom stereocenters. The highest BCUT2D eigenvalue weighted by Crippen LogP contribution is 2.58. The minimum Gasteiger partial charge on any atom is -0.460 e. The van der Waals surface area contributed by atoms with Crippen molar-refractivity contribution >= 4 is 11.9 Å². The van der Waals surface area contributed by atoms with Crippen LogP contribution in [0.5, 0.6) is 0 Å². The van der Waals surface area contributed by atoms with E-state index in [4.69, 9.17) is 18.9 Å². The summed E-state index contributed by atoms with van der Waals surface area (Å²) in [6, 6.07) is 12.2. The van der Waals surface area contributed by atoms with Gasteiger partial charge in [-0.25, -0.2) is 9.59 Å². The van der Waals surface area contributed by atoms with E-state index in [0.717, 1.165) is 31.4 Å². The number of aliphatic hydroxyl groups excluding tert-OH is 2. The summed E-state index contributed by atoms with van der Waals surface area (Å²) < 4.78 is 106. The molecule has 2 saturated carbocycles. The molecule has 0 amide bonds. The van der Waals surface area contributed by atoms with Crippen LogP contribution < -0.4 is 0 Å². The van der Waals surface area contributed by atoms with E-state index < -0.39 is 100.0 Å². The summed E-state index contributed by atoms with van der Waals surface area (Å²) in [4.78, 5) is 26.4. The average Bonchev–Trinajstić information content (AvgIpc) is 3.05. The van der Waals surface area contributed by atoms with Gasteiger partial charge in [-0.15, -0.1) is 0 Å². The van der Waals surface area contributed by atoms with Gasteiger partial charge in [0.25, 0.3) is 11.2 Å². The summed E-state index contributed by atoms with van der Waals surface area (Å²) in [5, 5.41) is 34.6. The predicted octanol–water partition coefficient (Wildman–Crippen LogP) is 5.12. The van der Waals surface area contributed by atoms with Gasteiger partial charge in [0.2, 0.25) is 0 Å². The van der Waals surface area contributed by atoms with Gasteiger partial charge in [0, 0.05) is 30.8 Å². The largest absolute Gasteiger partial charge is 0.460 e. The van der Waals surface area contributed by atoms with Crippen LogP contribution in [0.25, 0.3) is 0 Å². The summed E-state index contributed by atoms with van der Waals surface area (Å²) >= 11 is 0. The lowest BCUT2D eigenvalue weighted by molar-refractivity contribution is -0.282. The monoisotopic (exact) mass is 718 g/mol. The highest BCUT2D eigenvalue weighted by molar-refractivity contribution is 5.83. The maximum absolute atomic E-state index is 14.5. The Morgan fingerprint density at radius 1 is 0.820 bits per heavy atom. The number of carbonyl (C=O) groups excluding carboxylic acids is 2. The van der Waals surface area contributed by atoms with Crippen LogP contribution in [0.3, 0.4) is 0 Å². The van der Waals surface area contributed by atoms with Crippen molar-refractivity contribution in [3.05, 3.63) is 83.9 Å². The van der Waals surface area contributed by atoms with Crippen molar-refractivity contribution in [1.82, 2.24) is 0 Å². The molecular weight excluding hydrogens is 678 g/mol. The molecule has 2 aliphatic rings. The molecule has 2 aromatic carbocycles. The Labute approximate surface area is 284 Å². The number of aliphatic hydroxyl groups is 3. The van der Waals surface area contributed by atoms with Crippen LogP contribution in [-0.4, -0.2) is 84.4 Å². The smallest absolute Gasteiger partial charge is 0.432 e. The molecule has 0 aromatic heterocycles. The summed E-state index contributed by atoms with van der Waals surface area (Å²) in [7, 11) is 1.41. The fourth-order valence-electron chi connectivity index (χ4n) is 7.57. The first-order valence-corrected chi connectivity index (χ1v) is 15.7. The standard InChI is InChI=1S/C35H40F6O9/c1-20-16-25(50-29(45)33(48-5,35(39,40)41)23-14-10-7-11-15-23)17-24-18-26(42)31(46,27(43)30(20,24)3)21(2)19-49-28(44)32(47-4,34(36,37)38)22-12-8-6-9-13-22/h6-15,20,24-27,42-43,46H,2,16-19H2,1,3-5H3/t20-,24+,25+,26-,27-,30+,31+,32-,33-/m0/s1. The van der Waals surface area contributed by atoms with E-state index >= 15 is 0 Å². The molecule has 0 bridgehead atoms.